The monoisotopic (exact) mass is 251 g/mol. The Morgan fingerprint density at radius 3 is 2.73 bits per heavy atom. The van der Waals surface area contributed by atoms with E-state index in [9.17, 15) is 4.79 Å². The molecule has 5 nitrogen and oxygen atoms in total. The first-order chi connectivity index (χ1) is 6.65. The second kappa shape index (κ2) is 6.55. The molecular weight excluding hydrogens is 241 g/mol. The van der Waals surface area contributed by atoms with Crippen molar-refractivity contribution >= 4 is 30.0 Å². The normalized spacial score (nSPS) is 11.4. The van der Waals surface area contributed by atoms with Crippen molar-refractivity contribution in [1.29, 1.82) is 0 Å². The van der Waals surface area contributed by atoms with Crippen LogP contribution in [-0.4, -0.2) is 22.5 Å². The third-order valence-electron chi connectivity index (χ3n) is 1.50. The lowest BCUT2D eigenvalue weighted by Crippen LogP contribution is -2.24. The second-order valence-electron chi connectivity index (χ2n) is 2.49. The molecule has 1 atom stereocenters. The molecule has 0 saturated heterocycles. The predicted octanol–water partition coefficient (Wildman–Crippen LogP) is 1.11. The Balaban J connectivity index is 0.00000196. The number of aromatic nitrogens is 2. The van der Waals surface area contributed by atoms with Crippen LogP contribution < -0.4 is 5.73 Å². The molecule has 7 heteroatoms. The van der Waals surface area contributed by atoms with Gasteiger partial charge in [0.15, 0.2) is 0 Å². The van der Waals surface area contributed by atoms with E-state index in [1.54, 1.807) is 6.92 Å². The van der Waals surface area contributed by atoms with E-state index >= 15 is 0 Å². The van der Waals surface area contributed by atoms with Crippen LogP contribution in [0.5, 0.6) is 0 Å². The fourth-order valence-corrected chi connectivity index (χ4v) is 0.933. The van der Waals surface area contributed by atoms with E-state index in [0.29, 0.717) is 5.69 Å². The number of nitrogens with two attached hydrogens (primary N) is 1. The Morgan fingerprint density at radius 2 is 2.27 bits per heavy atom. The average Bonchev–Trinajstić information content (AvgIpc) is 2.18. The van der Waals surface area contributed by atoms with Gasteiger partial charge in [-0.25, -0.2) is 9.78 Å². The Labute approximate surface area is 98.4 Å². The Hall–Kier alpha value is -0.910. The zero-order valence-electron chi connectivity index (χ0n) is 8.01. The number of hydrogen-bond acceptors (Lipinski definition) is 5. The highest BCUT2D eigenvalue weighted by Crippen LogP contribution is 2.09. The number of esters is 1. The molecule has 0 saturated carbocycles. The van der Waals surface area contributed by atoms with E-state index in [2.05, 4.69) is 9.97 Å². The van der Waals surface area contributed by atoms with Crippen LogP contribution in [0.3, 0.4) is 0 Å². The van der Waals surface area contributed by atoms with Gasteiger partial charge in [0.2, 0.25) is 0 Å². The van der Waals surface area contributed by atoms with E-state index in [0.717, 1.165) is 0 Å². The number of rotatable bonds is 3. The van der Waals surface area contributed by atoms with Gasteiger partial charge in [-0.2, -0.15) is 0 Å². The SMILES string of the molecule is CCOC(=O)C(N)c1cnc(Cl)cn1.Cl. The van der Waals surface area contributed by atoms with Gasteiger partial charge >= 0.3 is 5.97 Å². The summed E-state index contributed by atoms with van der Waals surface area (Å²) in [6.07, 6.45) is 2.68. The molecule has 0 aliphatic heterocycles. The maximum atomic E-state index is 11.2. The lowest BCUT2D eigenvalue weighted by Gasteiger charge is -2.08. The molecule has 1 unspecified atom stereocenters. The number of carbonyl (C=O) groups is 1. The molecule has 0 aromatic carbocycles. The summed E-state index contributed by atoms with van der Waals surface area (Å²) in [5.74, 6) is -0.524. The minimum Gasteiger partial charge on any atom is -0.465 e. The Bertz CT molecular complexity index is 318. The topological polar surface area (TPSA) is 78.1 Å². The van der Waals surface area contributed by atoms with Crippen molar-refractivity contribution in [2.45, 2.75) is 13.0 Å². The Kier molecular flexibility index (Phi) is 6.15. The van der Waals surface area contributed by atoms with Gasteiger partial charge in [0.25, 0.3) is 0 Å². The molecule has 0 fully saturated rings. The van der Waals surface area contributed by atoms with Crippen molar-refractivity contribution in [2.75, 3.05) is 6.61 Å². The van der Waals surface area contributed by atoms with Gasteiger partial charge in [-0.1, -0.05) is 11.6 Å². The molecule has 1 rings (SSSR count). The van der Waals surface area contributed by atoms with Crippen molar-refractivity contribution in [1.82, 2.24) is 9.97 Å². The molecule has 1 aromatic rings. The summed E-state index contributed by atoms with van der Waals surface area (Å²) < 4.78 is 4.72. The van der Waals surface area contributed by atoms with Crippen molar-refractivity contribution in [2.24, 2.45) is 5.73 Å². The van der Waals surface area contributed by atoms with Crippen molar-refractivity contribution < 1.29 is 9.53 Å². The van der Waals surface area contributed by atoms with Crippen LogP contribution in [-0.2, 0) is 9.53 Å². The van der Waals surface area contributed by atoms with Crippen LogP contribution in [0.25, 0.3) is 0 Å². The van der Waals surface area contributed by atoms with Gasteiger partial charge in [-0.3, -0.25) is 4.98 Å². The van der Waals surface area contributed by atoms with E-state index in [4.69, 9.17) is 22.1 Å². The van der Waals surface area contributed by atoms with Gasteiger partial charge in [0, 0.05) is 0 Å². The van der Waals surface area contributed by atoms with Gasteiger partial charge in [-0.05, 0) is 6.92 Å². The van der Waals surface area contributed by atoms with Gasteiger partial charge in [0.05, 0.1) is 24.7 Å². The molecule has 1 heterocycles. The van der Waals surface area contributed by atoms with E-state index in [1.807, 2.05) is 0 Å². The standard InChI is InChI=1S/C8H10ClN3O2.ClH/c1-2-14-8(13)7(10)5-3-12-6(9)4-11-5;/h3-4,7H,2,10H2,1H3;1H. The fourth-order valence-electron chi connectivity index (χ4n) is 0.836. The smallest absolute Gasteiger partial charge is 0.329 e. The van der Waals surface area contributed by atoms with E-state index < -0.39 is 12.0 Å². The first-order valence-corrected chi connectivity index (χ1v) is 4.42. The number of ether oxygens (including phenoxy) is 1. The summed E-state index contributed by atoms with van der Waals surface area (Å²) in [5.41, 5.74) is 5.90. The quantitative estimate of drug-likeness (QED) is 0.815. The minimum atomic E-state index is -0.903. The molecule has 0 radical (unpaired) electrons. The number of nitrogens with zero attached hydrogens (tertiary/aromatic N) is 2. The molecule has 15 heavy (non-hydrogen) atoms. The summed E-state index contributed by atoms with van der Waals surface area (Å²) in [5, 5.41) is 0.254. The van der Waals surface area contributed by atoms with E-state index in [1.165, 1.54) is 12.4 Å². The lowest BCUT2D eigenvalue weighted by molar-refractivity contribution is -0.144. The lowest BCUT2D eigenvalue weighted by atomic mass is 10.2. The summed E-state index contributed by atoms with van der Waals surface area (Å²) in [7, 11) is 0. The summed E-state index contributed by atoms with van der Waals surface area (Å²) in [6, 6.07) is -0.903. The van der Waals surface area contributed by atoms with Crippen molar-refractivity contribution in [3.8, 4) is 0 Å². The molecule has 0 spiro atoms. The molecule has 0 amide bonds. The van der Waals surface area contributed by atoms with E-state index in [-0.39, 0.29) is 24.2 Å². The zero-order valence-corrected chi connectivity index (χ0v) is 9.59. The maximum absolute atomic E-state index is 11.2. The van der Waals surface area contributed by atoms with Gasteiger partial charge in [0.1, 0.15) is 11.2 Å². The molecule has 0 bridgehead atoms. The number of carbonyl (C=O) groups excluding carboxylic acids is 1. The largest absolute Gasteiger partial charge is 0.465 e. The van der Waals surface area contributed by atoms with Crippen LogP contribution in [0.2, 0.25) is 5.15 Å². The van der Waals surface area contributed by atoms with Crippen LogP contribution >= 0.6 is 24.0 Å². The molecule has 2 N–H and O–H groups in total. The fraction of sp³-hybridized carbons (Fsp3) is 0.375. The average molecular weight is 252 g/mol. The van der Waals surface area contributed by atoms with Crippen molar-refractivity contribution in [3.63, 3.8) is 0 Å². The van der Waals surface area contributed by atoms with Gasteiger partial charge in [-0.15, -0.1) is 12.4 Å². The van der Waals surface area contributed by atoms with Crippen molar-refractivity contribution in [3.05, 3.63) is 23.2 Å². The molecule has 0 aliphatic carbocycles. The first-order valence-electron chi connectivity index (χ1n) is 4.04. The minimum absolute atomic E-state index is 0. The van der Waals surface area contributed by atoms with Crippen LogP contribution in [0.15, 0.2) is 12.4 Å². The summed E-state index contributed by atoms with van der Waals surface area (Å²) >= 11 is 5.53. The Morgan fingerprint density at radius 1 is 1.60 bits per heavy atom. The number of halogens is 2. The zero-order chi connectivity index (χ0) is 10.6. The third-order valence-corrected chi connectivity index (χ3v) is 1.69. The molecular formula is C8H11Cl2N3O2. The number of hydrogen-bond donors (Lipinski definition) is 1. The highest BCUT2D eigenvalue weighted by molar-refractivity contribution is 6.29. The predicted molar refractivity (Wildman–Crippen MR) is 57.9 cm³/mol. The summed E-state index contributed by atoms with van der Waals surface area (Å²) in [4.78, 5) is 18.8. The molecule has 84 valence electrons. The van der Waals surface area contributed by atoms with Gasteiger partial charge < -0.3 is 10.5 Å². The second-order valence-corrected chi connectivity index (χ2v) is 2.88. The molecule has 0 aliphatic rings. The highest BCUT2D eigenvalue weighted by atomic mass is 35.5. The third kappa shape index (κ3) is 3.99. The maximum Gasteiger partial charge on any atom is 0.329 e. The highest BCUT2D eigenvalue weighted by Gasteiger charge is 2.18. The molecule has 1 aromatic heterocycles. The van der Waals surface area contributed by atoms with Crippen LogP contribution in [0.1, 0.15) is 18.7 Å². The van der Waals surface area contributed by atoms with Crippen LogP contribution in [0, 0.1) is 0 Å². The van der Waals surface area contributed by atoms with Crippen LogP contribution in [0.4, 0.5) is 0 Å². The summed E-state index contributed by atoms with van der Waals surface area (Å²) in [6.45, 7) is 1.99. The first kappa shape index (κ1) is 14.1.